The normalized spacial score (nSPS) is 13.7. The SMILES string of the molecule is CCOS(=O)(=O)OP(=O)(OC)OS(=O)(=O)OCC. The van der Waals surface area contributed by atoms with Crippen molar-refractivity contribution in [3.63, 3.8) is 0 Å². The van der Waals surface area contributed by atoms with Crippen molar-refractivity contribution in [3.05, 3.63) is 0 Å². The maximum absolute atomic E-state index is 11.6. The van der Waals surface area contributed by atoms with Crippen molar-refractivity contribution >= 4 is 28.6 Å². The highest BCUT2D eigenvalue weighted by atomic mass is 32.3. The van der Waals surface area contributed by atoms with Crippen LogP contribution < -0.4 is 0 Å². The summed E-state index contributed by atoms with van der Waals surface area (Å²) in [6.07, 6.45) is 0. The van der Waals surface area contributed by atoms with Crippen molar-refractivity contribution in [2.24, 2.45) is 0 Å². The lowest BCUT2D eigenvalue weighted by Gasteiger charge is -2.13. The molecule has 13 heteroatoms. The lowest BCUT2D eigenvalue weighted by molar-refractivity contribution is 0.206. The molecule has 0 spiro atoms. The van der Waals surface area contributed by atoms with E-state index in [1.807, 2.05) is 0 Å². The average molecular weight is 328 g/mol. The molecule has 0 aliphatic carbocycles. The zero-order valence-corrected chi connectivity index (χ0v) is 12.3. The van der Waals surface area contributed by atoms with Crippen LogP contribution in [0.1, 0.15) is 13.8 Å². The molecule has 0 radical (unpaired) electrons. The van der Waals surface area contributed by atoms with E-state index in [4.69, 9.17) is 0 Å². The van der Waals surface area contributed by atoms with Gasteiger partial charge >= 0.3 is 28.6 Å². The molecule has 110 valence electrons. The molecule has 0 aliphatic heterocycles. The van der Waals surface area contributed by atoms with E-state index in [0.29, 0.717) is 0 Å². The first kappa shape index (κ1) is 17.9. The van der Waals surface area contributed by atoms with Gasteiger partial charge in [0, 0.05) is 7.11 Å². The molecule has 0 saturated carbocycles. The maximum Gasteiger partial charge on any atom is 0.507 e. The summed E-state index contributed by atoms with van der Waals surface area (Å²) in [4.78, 5) is 0. The first-order chi connectivity index (χ1) is 8.10. The Bertz CT molecular complexity index is 450. The first-order valence-corrected chi connectivity index (χ1v) is 8.59. The predicted molar refractivity (Wildman–Crippen MR) is 57.9 cm³/mol. The Morgan fingerprint density at radius 3 is 1.44 bits per heavy atom. The standard InChI is InChI=1S/C5H13O10PS2/c1-4-12-17(7,8)14-16(6,11-3)15-18(9,10)13-5-2/h4-5H2,1-3H3. The zero-order valence-electron chi connectivity index (χ0n) is 9.76. The van der Waals surface area contributed by atoms with Gasteiger partial charge in [0.05, 0.1) is 13.2 Å². The monoisotopic (exact) mass is 328 g/mol. The molecule has 0 atom stereocenters. The van der Waals surface area contributed by atoms with Crippen LogP contribution in [-0.2, 0) is 46.2 Å². The lowest BCUT2D eigenvalue weighted by Crippen LogP contribution is -2.14. The lowest BCUT2D eigenvalue weighted by atomic mass is 10.9. The summed E-state index contributed by atoms with van der Waals surface area (Å²) >= 11 is 0. The second kappa shape index (κ2) is 6.91. The van der Waals surface area contributed by atoms with Gasteiger partial charge in [-0.3, -0.25) is 4.52 Å². The smallest absolute Gasteiger partial charge is 0.289 e. The number of rotatable bonds is 9. The summed E-state index contributed by atoms with van der Waals surface area (Å²) < 4.78 is 75.8. The minimum absolute atomic E-state index is 0.315. The molecule has 0 N–H and O–H groups in total. The van der Waals surface area contributed by atoms with Gasteiger partial charge in [0.2, 0.25) is 0 Å². The molecule has 0 unspecified atom stereocenters. The Hall–Kier alpha value is -0.0700. The van der Waals surface area contributed by atoms with E-state index in [2.05, 4.69) is 20.8 Å². The van der Waals surface area contributed by atoms with E-state index in [9.17, 15) is 21.4 Å². The molecule has 18 heavy (non-hydrogen) atoms. The Morgan fingerprint density at radius 1 is 0.889 bits per heavy atom. The Morgan fingerprint density at radius 2 is 1.22 bits per heavy atom. The van der Waals surface area contributed by atoms with Crippen molar-refractivity contribution in [1.82, 2.24) is 0 Å². The van der Waals surface area contributed by atoms with Crippen molar-refractivity contribution in [2.45, 2.75) is 13.8 Å². The number of phosphoric acid groups is 1. The van der Waals surface area contributed by atoms with Gasteiger partial charge in [0.1, 0.15) is 0 Å². The summed E-state index contributed by atoms with van der Waals surface area (Å²) in [7, 11) is -13.6. The van der Waals surface area contributed by atoms with Gasteiger partial charge in [-0.1, -0.05) is 0 Å². The largest absolute Gasteiger partial charge is 0.507 e. The van der Waals surface area contributed by atoms with Gasteiger partial charge in [0.25, 0.3) is 0 Å². The minimum atomic E-state index is -4.93. The van der Waals surface area contributed by atoms with Gasteiger partial charge in [0.15, 0.2) is 0 Å². The van der Waals surface area contributed by atoms with Crippen molar-refractivity contribution in [1.29, 1.82) is 0 Å². The summed E-state index contributed by atoms with van der Waals surface area (Å²) in [5.74, 6) is 0. The highest BCUT2D eigenvalue weighted by molar-refractivity contribution is 7.90. The number of hydrogen-bond acceptors (Lipinski definition) is 10. The molecule has 0 aromatic heterocycles. The van der Waals surface area contributed by atoms with Crippen LogP contribution in [-0.4, -0.2) is 37.2 Å². The van der Waals surface area contributed by atoms with Crippen LogP contribution in [0.2, 0.25) is 0 Å². The molecular formula is C5H13O10PS2. The second-order valence-corrected chi connectivity index (χ2v) is 6.96. The van der Waals surface area contributed by atoms with Crippen LogP contribution in [0.5, 0.6) is 0 Å². The van der Waals surface area contributed by atoms with Gasteiger partial charge < -0.3 is 0 Å². The van der Waals surface area contributed by atoms with Crippen LogP contribution in [0, 0.1) is 0 Å². The topological polar surface area (TPSA) is 132 Å². The van der Waals surface area contributed by atoms with Crippen molar-refractivity contribution in [2.75, 3.05) is 20.3 Å². The van der Waals surface area contributed by atoms with Crippen molar-refractivity contribution < 1.29 is 42.2 Å². The fourth-order valence-electron chi connectivity index (χ4n) is 0.629. The Labute approximate surface area is 105 Å². The summed E-state index contributed by atoms with van der Waals surface area (Å²) in [6.45, 7) is 2.00. The molecule has 0 saturated heterocycles. The molecule has 0 aliphatic rings. The maximum atomic E-state index is 11.6. The van der Waals surface area contributed by atoms with E-state index in [0.717, 1.165) is 7.11 Å². The van der Waals surface area contributed by atoms with E-state index in [-0.39, 0.29) is 13.2 Å². The fraction of sp³-hybridized carbons (Fsp3) is 1.00. The van der Waals surface area contributed by atoms with Crippen molar-refractivity contribution in [3.8, 4) is 0 Å². The van der Waals surface area contributed by atoms with E-state index < -0.39 is 28.6 Å². The van der Waals surface area contributed by atoms with Crippen LogP contribution >= 0.6 is 7.82 Å². The van der Waals surface area contributed by atoms with Crippen LogP contribution in [0.4, 0.5) is 0 Å². The van der Waals surface area contributed by atoms with Gasteiger partial charge in [-0.25, -0.2) is 12.9 Å². The second-order valence-electron chi connectivity index (χ2n) is 2.41. The molecule has 0 heterocycles. The molecule has 10 nitrogen and oxygen atoms in total. The Kier molecular flexibility index (Phi) is 6.89. The molecule has 0 bridgehead atoms. The molecular weight excluding hydrogens is 315 g/mol. The van der Waals surface area contributed by atoms with Gasteiger partial charge in [-0.05, 0) is 13.8 Å². The zero-order chi connectivity index (χ0) is 14.4. The third-order valence-corrected chi connectivity index (χ3v) is 5.53. The van der Waals surface area contributed by atoms with E-state index >= 15 is 0 Å². The minimum Gasteiger partial charge on any atom is -0.289 e. The Balaban J connectivity index is 5.00. The van der Waals surface area contributed by atoms with E-state index in [1.54, 1.807) is 0 Å². The third kappa shape index (κ3) is 6.75. The molecule has 0 rings (SSSR count). The fourth-order valence-corrected chi connectivity index (χ4v) is 4.15. The average Bonchev–Trinajstić information content (AvgIpc) is 2.14. The highest BCUT2D eigenvalue weighted by Crippen LogP contribution is 2.52. The van der Waals surface area contributed by atoms with Gasteiger partial charge in [-0.15, -0.1) is 7.94 Å². The molecule has 0 fully saturated rings. The van der Waals surface area contributed by atoms with E-state index in [1.165, 1.54) is 13.8 Å². The summed E-state index contributed by atoms with van der Waals surface area (Å²) in [5, 5.41) is 0. The molecule has 0 aromatic rings. The van der Waals surface area contributed by atoms with Crippen LogP contribution in [0.25, 0.3) is 0 Å². The van der Waals surface area contributed by atoms with Crippen LogP contribution in [0.15, 0.2) is 0 Å². The first-order valence-electron chi connectivity index (χ1n) is 4.46. The van der Waals surface area contributed by atoms with Gasteiger partial charge in [-0.2, -0.15) is 16.8 Å². The highest BCUT2D eigenvalue weighted by Gasteiger charge is 2.39. The molecule has 0 aromatic carbocycles. The molecule has 0 amide bonds. The quantitative estimate of drug-likeness (QED) is 0.545. The summed E-state index contributed by atoms with van der Waals surface area (Å²) in [5.41, 5.74) is 0. The number of hydrogen-bond donors (Lipinski definition) is 0. The third-order valence-electron chi connectivity index (χ3n) is 1.11. The predicted octanol–water partition coefficient (Wildman–Crippen LogP) is 0.337. The van der Waals surface area contributed by atoms with Crippen LogP contribution in [0.3, 0.4) is 0 Å². The summed E-state index contributed by atoms with van der Waals surface area (Å²) in [6, 6.07) is 0.